The molecule has 0 unspecified atom stereocenters. The van der Waals surface area contributed by atoms with Gasteiger partial charge in [0.25, 0.3) is 0 Å². The summed E-state index contributed by atoms with van der Waals surface area (Å²) in [5.74, 6) is 0. The van der Waals surface area contributed by atoms with Gasteiger partial charge in [-0.2, -0.15) is 0 Å². The molecule has 1 aromatic heterocycles. The van der Waals surface area contributed by atoms with Crippen molar-refractivity contribution in [1.82, 2.24) is 10.3 Å². The lowest BCUT2D eigenvalue weighted by Crippen LogP contribution is -2.39. The second-order valence-electron chi connectivity index (χ2n) is 6.35. The molecule has 1 aliphatic rings. The first-order chi connectivity index (χ1) is 9.58. The lowest BCUT2D eigenvalue weighted by Gasteiger charge is -2.40. The van der Waals surface area contributed by atoms with Crippen molar-refractivity contribution >= 4 is 16.5 Å². The molecule has 3 nitrogen and oxygen atoms in total. The van der Waals surface area contributed by atoms with Crippen molar-refractivity contribution in [1.29, 1.82) is 0 Å². The third-order valence-corrected chi connectivity index (χ3v) is 5.78. The van der Waals surface area contributed by atoms with E-state index in [1.54, 1.807) is 11.3 Å². The van der Waals surface area contributed by atoms with Crippen molar-refractivity contribution in [2.45, 2.75) is 66.0 Å². The number of piperidine rings is 1. The Morgan fingerprint density at radius 1 is 1.30 bits per heavy atom. The summed E-state index contributed by atoms with van der Waals surface area (Å²) in [4.78, 5) is 7.27. The predicted molar refractivity (Wildman–Crippen MR) is 88.6 cm³/mol. The summed E-state index contributed by atoms with van der Waals surface area (Å²) in [5, 5.41) is 6.85. The molecule has 1 fully saturated rings. The Morgan fingerprint density at radius 3 is 2.50 bits per heavy atom. The van der Waals surface area contributed by atoms with Crippen molar-refractivity contribution in [3.63, 3.8) is 0 Å². The van der Waals surface area contributed by atoms with Crippen LogP contribution in [0.3, 0.4) is 0 Å². The molecule has 1 saturated heterocycles. The Bertz CT molecular complexity index is 400. The standard InChI is InChI=1S/C16H29N3S/c1-5-16(6-2)7-9-19(10-8-16)15-18-14(12-20-15)11-17-13(3)4/h12-13,17H,5-11H2,1-4H3. The van der Waals surface area contributed by atoms with Gasteiger partial charge >= 0.3 is 0 Å². The molecule has 1 aliphatic heterocycles. The average Bonchev–Trinajstić information content (AvgIpc) is 2.94. The van der Waals surface area contributed by atoms with Crippen LogP contribution < -0.4 is 10.2 Å². The fourth-order valence-corrected chi connectivity index (χ4v) is 3.84. The van der Waals surface area contributed by atoms with Gasteiger partial charge in [0.2, 0.25) is 0 Å². The largest absolute Gasteiger partial charge is 0.348 e. The molecular formula is C16H29N3S. The first-order valence-electron chi connectivity index (χ1n) is 8.01. The smallest absolute Gasteiger partial charge is 0.185 e. The lowest BCUT2D eigenvalue weighted by atomic mass is 9.74. The SMILES string of the molecule is CCC1(CC)CCN(c2nc(CNC(C)C)cs2)CC1. The summed E-state index contributed by atoms with van der Waals surface area (Å²) in [6.45, 7) is 12.3. The highest BCUT2D eigenvalue weighted by Crippen LogP contribution is 2.39. The summed E-state index contributed by atoms with van der Waals surface area (Å²) in [6, 6.07) is 0.518. The van der Waals surface area contributed by atoms with Gasteiger partial charge in [-0.1, -0.05) is 40.5 Å². The Kier molecular flexibility index (Phi) is 5.44. The molecule has 0 aliphatic carbocycles. The maximum Gasteiger partial charge on any atom is 0.185 e. The van der Waals surface area contributed by atoms with Crippen LogP contribution in [0.2, 0.25) is 0 Å². The van der Waals surface area contributed by atoms with E-state index in [9.17, 15) is 0 Å². The summed E-state index contributed by atoms with van der Waals surface area (Å²) in [6.07, 6.45) is 5.27. The number of nitrogens with one attached hydrogen (secondary N) is 1. The number of anilines is 1. The van der Waals surface area contributed by atoms with Crippen molar-refractivity contribution in [3.05, 3.63) is 11.1 Å². The van der Waals surface area contributed by atoms with E-state index in [2.05, 4.69) is 43.3 Å². The quantitative estimate of drug-likeness (QED) is 0.858. The average molecular weight is 295 g/mol. The predicted octanol–water partition coefficient (Wildman–Crippen LogP) is 4.05. The number of rotatable bonds is 6. The van der Waals surface area contributed by atoms with E-state index in [0.29, 0.717) is 11.5 Å². The molecule has 0 atom stereocenters. The Balaban J connectivity index is 1.90. The Morgan fingerprint density at radius 2 is 1.95 bits per heavy atom. The summed E-state index contributed by atoms with van der Waals surface area (Å²) >= 11 is 1.80. The fourth-order valence-electron chi connectivity index (χ4n) is 2.96. The molecule has 4 heteroatoms. The Labute approximate surface area is 127 Å². The van der Waals surface area contributed by atoms with Crippen LogP contribution in [-0.2, 0) is 6.54 Å². The normalized spacial score (nSPS) is 18.8. The van der Waals surface area contributed by atoms with Crippen LogP contribution in [0.1, 0.15) is 59.1 Å². The minimum Gasteiger partial charge on any atom is -0.348 e. The number of hydrogen-bond donors (Lipinski definition) is 1. The van der Waals surface area contributed by atoms with E-state index in [4.69, 9.17) is 4.98 Å². The number of thiazole rings is 1. The maximum absolute atomic E-state index is 4.79. The first-order valence-corrected chi connectivity index (χ1v) is 8.89. The zero-order chi connectivity index (χ0) is 14.6. The fraction of sp³-hybridized carbons (Fsp3) is 0.812. The van der Waals surface area contributed by atoms with E-state index in [1.165, 1.54) is 49.6 Å². The van der Waals surface area contributed by atoms with Gasteiger partial charge in [0.1, 0.15) is 0 Å². The number of aromatic nitrogens is 1. The third-order valence-electron chi connectivity index (χ3n) is 4.83. The van der Waals surface area contributed by atoms with E-state index >= 15 is 0 Å². The number of nitrogens with zero attached hydrogens (tertiary/aromatic N) is 2. The number of hydrogen-bond acceptors (Lipinski definition) is 4. The molecule has 0 amide bonds. The molecule has 2 rings (SSSR count). The zero-order valence-electron chi connectivity index (χ0n) is 13.4. The van der Waals surface area contributed by atoms with Gasteiger partial charge in [0.05, 0.1) is 5.69 Å². The van der Waals surface area contributed by atoms with Crippen LogP contribution in [0.5, 0.6) is 0 Å². The summed E-state index contributed by atoms with van der Waals surface area (Å²) in [7, 11) is 0. The summed E-state index contributed by atoms with van der Waals surface area (Å²) in [5.41, 5.74) is 1.78. The minimum atomic E-state index is 0.518. The highest BCUT2D eigenvalue weighted by Gasteiger charge is 2.31. The maximum atomic E-state index is 4.79. The van der Waals surface area contributed by atoms with E-state index in [0.717, 1.165) is 6.54 Å². The second kappa shape index (κ2) is 6.90. The van der Waals surface area contributed by atoms with Crippen LogP contribution in [0.4, 0.5) is 5.13 Å². The molecule has 0 bridgehead atoms. The van der Waals surface area contributed by atoms with Crippen molar-refractivity contribution < 1.29 is 0 Å². The van der Waals surface area contributed by atoms with Crippen molar-refractivity contribution in [3.8, 4) is 0 Å². The van der Waals surface area contributed by atoms with Crippen molar-refractivity contribution in [2.75, 3.05) is 18.0 Å². The van der Waals surface area contributed by atoms with Gasteiger partial charge in [0, 0.05) is 31.1 Å². The second-order valence-corrected chi connectivity index (χ2v) is 7.19. The Hall–Kier alpha value is -0.610. The molecule has 1 aromatic rings. The van der Waals surface area contributed by atoms with Crippen LogP contribution in [-0.4, -0.2) is 24.1 Å². The van der Waals surface area contributed by atoms with Gasteiger partial charge in [0.15, 0.2) is 5.13 Å². The third kappa shape index (κ3) is 3.73. The van der Waals surface area contributed by atoms with Crippen LogP contribution in [0.25, 0.3) is 0 Å². The van der Waals surface area contributed by atoms with Gasteiger partial charge in [-0.3, -0.25) is 0 Å². The molecule has 2 heterocycles. The molecule has 0 aromatic carbocycles. The van der Waals surface area contributed by atoms with E-state index < -0.39 is 0 Å². The molecule has 0 saturated carbocycles. The van der Waals surface area contributed by atoms with Crippen molar-refractivity contribution in [2.24, 2.45) is 5.41 Å². The minimum absolute atomic E-state index is 0.518. The molecular weight excluding hydrogens is 266 g/mol. The molecule has 0 radical (unpaired) electrons. The molecule has 1 N–H and O–H groups in total. The highest BCUT2D eigenvalue weighted by atomic mass is 32.1. The van der Waals surface area contributed by atoms with Gasteiger partial charge < -0.3 is 10.2 Å². The monoisotopic (exact) mass is 295 g/mol. The first kappa shape index (κ1) is 15.8. The van der Waals surface area contributed by atoms with Crippen LogP contribution >= 0.6 is 11.3 Å². The lowest BCUT2D eigenvalue weighted by molar-refractivity contribution is 0.199. The molecule has 20 heavy (non-hydrogen) atoms. The molecule has 0 spiro atoms. The highest BCUT2D eigenvalue weighted by molar-refractivity contribution is 7.13. The van der Waals surface area contributed by atoms with Crippen LogP contribution in [0.15, 0.2) is 5.38 Å². The topological polar surface area (TPSA) is 28.2 Å². The van der Waals surface area contributed by atoms with Gasteiger partial charge in [-0.15, -0.1) is 11.3 Å². The molecule has 114 valence electrons. The van der Waals surface area contributed by atoms with E-state index in [-0.39, 0.29) is 0 Å². The van der Waals surface area contributed by atoms with Gasteiger partial charge in [-0.25, -0.2) is 4.98 Å². The van der Waals surface area contributed by atoms with E-state index in [1.807, 2.05) is 0 Å². The van der Waals surface area contributed by atoms with Gasteiger partial charge in [-0.05, 0) is 18.3 Å². The summed E-state index contributed by atoms with van der Waals surface area (Å²) < 4.78 is 0. The zero-order valence-corrected chi connectivity index (χ0v) is 14.2. The van der Waals surface area contributed by atoms with Crippen LogP contribution in [0, 0.1) is 5.41 Å².